The number of phenolic OH excluding ortho intramolecular Hbond substituents is 2. The molecule has 0 spiro atoms. The molecule has 1 aromatic heterocycles. The Labute approximate surface area is 116 Å². The lowest BCUT2D eigenvalue weighted by Gasteiger charge is -2.11. The average molecular weight is 268 g/mol. The Hall–Kier alpha value is -2.36. The molecule has 0 saturated carbocycles. The summed E-state index contributed by atoms with van der Waals surface area (Å²) in [5, 5.41) is 20.3. The van der Waals surface area contributed by atoms with E-state index in [0.29, 0.717) is 22.1 Å². The summed E-state index contributed by atoms with van der Waals surface area (Å²) in [7, 11) is 0. The Bertz CT molecular complexity index is 801. The lowest BCUT2D eigenvalue weighted by molar-refractivity contribution is 0.475. The van der Waals surface area contributed by atoms with Crippen molar-refractivity contribution in [2.75, 3.05) is 0 Å². The monoisotopic (exact) mass is 268 g/mol. The highest BCUT2D eigenvalue weighted by Gasteiger charge is 2.15. The first-order valence-corrected chi connectivity index (χ1v) is 6.50. The maximum Gasteiger partial charge on any atom is 0.146 e. The maximum absolute atomic E-state index is 10.2. The Morgan fingerprint density at radius 3 is 2.05 bits per heavy atom. The second kappa shape index (κ2) is 4.07. The number of fused-ring (bicyclic) bond motifs is 2. The number of hydrogen-bond acceptors (Lipinski definition) is 4. The zero-order valence-corrected chi connectivity index (χ0v) is 11.9. The van der Waals surface area contributed by atoms with E-state index in [1.807, 2.05) is 33.8 Å². The molecule has 102 valence electrons. The van der Waals surface area contributed by atoms with Crippen LogP contribution in [0.25, 0.3) is 22.1 Å². The van der Waals surface area contributed by atoms with E-state index in [9.17, 15) is 10.2 Å². The topological polar surface area (TPSA) is 66.2 Å². The lowest BCUT2D eigenvalue weighted by atomic mass is 10.0. The van der Waals surface area contributed by atoms with E-state index in [-0.39, 0.29) is 11.5 Å². The van der Waals surface area contributed by atoms with Crippen molar-refractivity contribution in [3.63, 3.8) is 0 Å². The molecule has 0 aliphatic carbocycles. The Morgan fingerprint density at radius 1 is 0.700 bits per heavy atom. The van der Waals surface area contributed by atoms with Gasteiger partial charge in [-0.15, -0.1) is 0 Å². The zero-order chi connectivity index (χ0) is 14.6. The SMILES string of the molecule is Cc1cc(O)c2nc3c(C)cc(C)c(O)c3nc2c1C. The van der Waals surface area contributed by atoms with E-state index >= 15 is 0 Å². The number of aromatic nitrogens is 2. The molecule has 0 bridgehead atoms. The Morgan fingerprint density at radius 2 is 1.35 bits per heavy atom. The summed E-state index contributed by atoms with van der Waals surface area (Å²) in [6.07, 6.45) is 0. The summed E-state index contributed by atoms with van der Waals surface area (Å²) in [5.74, 6) is 0.275. The molecule has 0 saturated heterocycles. The molecule has 0 aliphatic rings. The standard InChI is InChI=1S/C16H16N2O2/c1-7-6-11(19)14-13(10(7)4)18-15-12(17-14)8(2)5-9(3)16(15)20/h5-6,19-20H,1-4H3. The van der Waals surface area contributed by atoms with Gasteiger partial charge in [-0.05, 0) is 56.0 Å². The molecular formula is C16H16N2O2. The fourth-order valence-corrected chi connectivity index (χ4v) is 2.53. The molecular weight excluding hydrogens is 252 g/mol. The molecule has 0 unspecified atom stereocenters. The summed E-state index contributed by atoms with van der Waals surface area (Å²) in [6, 6.07) is 3.57. The van der Waals surface area contributed by atoms with Gasteiger partial charge in [0.2, 0.25) is 0 Å². The number of hydrogen-bond donors (Lipinski definition) is 2. The van der Waals surface area contributed by atoms with Crippen LogP contribution in [0.15, 0.2) is 12.1 Å². The molecule has 0 aliphatic heterocycles. The number of aromatic hydroxyl groups is 2. The van der Waals surface area contributed by atoms with E-state index in [2.05, 4.69) is 9.97 Å². The highest BCUT2D eigenvalue weighted by molar-refractivity contribution is 5.95. The molecule has 3 aromatic rings. The third-order valence-electron chi connectivity index (χ3n) is 3.84. The molecule has 1 heterocycles. The van der Waals surface area contributed by atoms with Gasteiger partial charge in [-0.25, -0.2) is 9.97 Å². The molecule has 4 heteroatoms. The largest absolute Gasteiger partial charge is 0.506 e. The van der Waals surface area contributed by atoms with E-state index < -0.39 is 0 Å². The van der Waals surface area contributed by atoms with Gasteiger partial charge in [0.25, 0.3) is 0 Å². The van der Waals surface area contributed by atoms with Crippen molar-refractivity contribution >= 4 is 22.1 Å². The van der Waals surface area contributed by atoms with Gasteiger partial charge in [0.05, 0.1) is 11.0 Å². The van der Waals surface area contributed by atoms with Crippen molar-refractivity contribution in [3.05, 3.63) is 34.4 Å². The lowest BCUT2D eigenvalue weighted by Crippen LogP contribution is -1.96. The summed E-state index contributed by atoms with van der Waals surface area (Å²) >= 11 is 0. The fourth-order valence-electron chi connectivity index (χ4n) is 2.53. The van der Waals surface area contributed by atoms with Crippen LogP contribution in [-0.2, 0) is 0 Å². The summed E-state index contributed by atoms with van der Waals surface area (Å²) in [5.41, 5.74) is 5.85. The normalized spacial score (nSPS) is 11.4. The van der Waals surface area contributed by atoms with Crippen LogP contribution in [-0.4, -0.2) is 20.2 Å². The second-order valence-corrected chi connectivity index (χ2v) is 5.31. The van der Waals surface area contributed by atoms with Gasteiger partial charge >= 0.3 is 0 Å². The fraction of sp³-hybridized carbons (Fsp3) is 0.250. The van der Waals surface area contributed by atoms with Crippen LogP contribution in [0.3, 0.4) is 0 Å². The third kappa shape index (κ3) is 1.61. The van der Waals surface area contributed by atoms with Crippen LogP contribution in [0.1, 0.15) is 22.3 Å². The summed E-state index contributed by atoms with van der Waals surface area (Å²) in [4.78, 5) is 9.06. The van der Waals surface area contributed by atoms with E-state index in [4.69, 9.17) is 0 Å². The smallest absolute Gasteiger partial charge is 0.146 e. The van der Waals surface area contributed by atoms with Gasteiger partial charge in [-0.2, -0.15) is 0 Å². The van der Waals surface area contributed by atoms with Crippen molar-refractivity contribution in [1.82, 2.24) is 9.97 Å². The highest BCUT2D eigenvalue weighted by Crippen LogP contribution is 2.34. The van der Waals surface area contributed by atoms with Gasteiger partial charge in [0, 0.05) is 0 Å². The van der Waals surface area contributed by atoms with Crippen molar-refractivity contribution in [1.29, 1.82) is 0 Å². The van der Waals surface area contributed by atoms with Crippen LogP contribution in [0.2, 0.25) is 0 Å². The summed E-state index contributed by atoms with van der Waals surface area (Å²) in [6.45, 7) is 7.63. The van der Waals surface area contributed by atoms with E-state index in [1.54, 1.807) is 6.07 Å². The van der Waals surface area contributed by atoms with Crippen LogP contribution in [0.4, 0.5) is 0 Å². The molecule has 0 radical (unpaired) electrons. The Balaban J connectivity index is 2.60. The van der Waals surface area contributed by atoms with E-state index in [1.165, 1.54) is 0 Å². The van der Waals surface area contributed by atoms with Gasteiger partial charge < -0.3 is 10.2 Å². The predicted molar refractivity (Wildman–Crippen MR) is 79.3 cm³/mol. The first-order valence-electron chi connectivity index (χ1n) is 6.50. The number of benzene rings is 2. The number of nitrogens with zero attached hydrogens (tertiary/aromatic N) is 2. The number of aryl methyl sites for hydroxylation is 4. The third-order valence-corrected chi connectivity index (χ3v) is 3.84. The summed E-state index contributed by atoms with van der Waals surface area (Å²) < 4.78 is 0. The minimum Gasteiger partial charge on any atom is -0.506 e. The zero-order valence-electron chi connectivity index (χ0n) is 11.9. The van der Waals surface area contributed by atoms with Crippen molar-refractivity contribution in [2.45, 2.75) is 27.7 Å². The molecule has 4 nitrogen and oxygen atoms in total. The van der Waals surface area contributed by atoms with Crippen molar-refractivity contribution in [2.24, 2.45) is 0 Å². The van der Waals surface area contributed by atoms with Crippen molar-refractivity contribution in [3.8, 4) is 11.5 Å². The van der Waals surface area contributed by atoms with Gasteiger partial charge in [0.1, 0.15) is 22.5 Å². The Kier molecular flexibility index (Phi) is 2.57. The number of phenols is 2. The number of rotatable bonds is 0. The van der Waals surface area contributed by atoms with Gasteiger partial charge in [-0.1, -0.05) is 6.07 Å². The first kappa shape index (κ1) is 12.7. The van der Waals surface area contributed by atoms with Crippen LogP contribution >= 0.6 is 0 Å². The minimum absolute atomic E-state index is 0.122. The molecule has 3 rings (SSSR count). The van der Waals surface area contributed by atoms with Gasteiger partial charge in [0.15, 0.2) is 0 Å². The van der Waals surface area contributed by atoms with Crippen LogP contribution in [0, 0.1) is 27.7 Å². The quantitative estimate of drug-likeness (QED) is 0.613. The molecule has 2 N–H and O–H groups in total. The minimum atomic E-state index is 0.122. The van der Waals surface area contributed by atoms with Crippen LogP contribution < -0.4 is 0 Å². The van der Waals surface area contributed by atoms with Crippen molar-refractivity contribution < 1.29 is 10.2 Å². The average Bonchev–Trinajstić information content (AvgIpc) is 2.41. The molecule has 0 amide bonds. The molecule has 2 aromatic carbocycles. The first-order chi connectivity index (χ1) is 9.40. The molecule has 0 atom stereocenters. The van der Waals surface area contributed by atoms with Crippen LogP contribution in [0.5, 0.6) is 11.5 Å². The second-order valence-electron chi connectivity index (χ2n) is 5.31. The van der Waals surface area contributed by atoms with E-state index in [0.717, 1.165) is 22.3 Å². The van der Waals surface area contributed by atoms with Gasteiger partial charge in [-0.3, -0.25) is 0 Å². The highest BCUT2D eigenvalue weighted by atomic mass is 16.3. The molecule has 0 fully saturated rings. The predicted octanol–water partition coefficient (Wildman–Crippen LogP) is 3.43. The molecule has 20 heavy (non-hydrogen) atoms. The maximum atomic E-state index is 10.2.